The second kappa shape index (κ2) is 8.63. The number of anilines is 3. The van der Waals surface area contributed by atoms with Gasteiger partial charge in [-0.15, -0.1) is 0 Å². The van der Waals surface area contributed by atoms with Crippen molar-refractivity contribution in [3.8, 4) is 5.75 Å². The maximum atomic E-state index is 5.23. The van der Waals surface area contributed by atoms with Crippen molar-refractivity contribution in [1.29, 1.82) is 0 Å². The molecule has 0 bridgehead atoms. The molecule has 0 radical (unpaired) electrons. The van der Waals surface area contributed by atoms with E-state index in [0.717, 1.165) is 53.5 Å². The fourth-order valence-corrected chi connectivity index (χ4v) is 4.14. The minimum atomic E-state index is 0.391. The Bertz CT molecular complexity index is 1150. The maximum Gasteiger partial charge on any atom is 0.229 e. The number of ether oxygens (including phenoxy) is 1. The molecule has 0 unspecified atom stereocenters. The second-order valence-corrected chi connectivity index (χ2v) is 7.81. The molecule has 7 nitrogen and oxygen atoms in total. The van der Waals surface area contributed by atoms with E-state index in [1.807, 2.05) is 24.3 Å². The molecule has 2 aliphatic carbocycles. The van der Waals surface area contributed by atoms with Crippen LogP contribution in [0.25, 0.3) is 11.2 Å². The highest BCUT2D eigenvalue weighted by Gasteiger charge is 2.24. The largest absolute Gasteiger partial charge is 0.497 e. The molecule has 0 aliphatic heterocycles. The van der Waals surface area contributed by atoms with Crippen LogP contribution < -0.4 is 15.4 Å². The van der Waals surface area contributed by atoms with Crippen LogP contribution in [0.1, 0.15) is 38.1 Å². The van der Waals surface area contributed by atoms with Crippen LogP contribution in [0.3, 0.4) is 0 Å². The van der Waals surface area contributed by atoms with Crippen molar-refractivity contribution in [2.75, 3.05) is 17.7 Å². The summed E-state index contributed by atoms with van der Waals surface area (Å²) in [6.45, 7) is 0. The Morgan fingerprint density at radius 2 is 1.87 bits per heavy atom. The summed E-state index contributed by atoms with van der Waals surface area (Å²) in [4.78, 5) is 14.2. The summed E-state index contributed by atoms with van der Waals surface area (Å²) in [5.41, 5.74) is 3.58. The lowest BCUT2D eigenvalue weighted by atomic mass is 10.2. The first-order valence-electron chi connectivity index (χ1n) is 10.8. The summed E-state index contributed by atoms with van der Waals surface area (Å²) in [6, 6.07) is 8.11. The zero-order valence-electron chi connectivity index (χ0n) is 17.6. The van der Waals surface area contributed by atoms with Crippen LogP contribution in [-0.2, 0) is 0 Å². The predicted molar refractivity (Wildman–Crippen MR) is 124 cm³/mol. The van der Waals surface area contributed by atoms with E-state index in [1.54, 1.807) is 13.3 Å². The molecular formula is C24H26N6O. The van der Waals surface area contributed by atoms with Crippen LogP contribution in [0, 0.1) is 0 Å². The molecule has 2 N–H and O–H groups in total. The van der Waals surface area contributed by atoms with Gasteiger partial charge in [0, 0.05) is 17.4 Å². The third kappa shape index (κ3) is 4.17. The van der Waals surface area contributed by atoms with Gasteiger partial charge in [0.05, 0.1) is 13.3 Å². The molecule has 1 fully saturated rings. The van der Waals surface area contributed by atoms with Crippen LogP contribution in [0.4, 0.5) is 17.6 Å². The smallest absolute Gasteiger partial charge is 0.229 e. The lowest BCUT2D eigenvalue weighted by molar-refractivity contribution is 0.415. The number of fused-ring (bicyclic) bond motifs is 1. The van der Waals surface area contributed by atoms with E-state index in [9.17, 15) is 0 Å². The van der Waals surface area contributed by atoms with Crippen molar-refractivity contribution in [3.05, 3.63) is 66.5 Å². The number of methoxy groups -OCH3 is 1. The van der Waals surface area contributed by atoms with Crippen molar-refractivity contribution >= 4 is 28.7 Å². The van der Waals surface area contributed by atoms with Crippen molar-refractivity contribution < 1.29 is 4.74 Å². The van der Waals surface area contributed by atoms with Gasteiger partial charge in [-0.25, -0.2) is 9.97 Å². The van der Waals surface area contributed by atoms with Gasteiger partial charge < -0.3 is 15.4 Å². The Hall–Kier alpha value is -3.61. The van der Waals surface area contributed by atoms with E-state index >= 15 is 0 Å². The van der Waals surface area contributed by atoms with E-state index in [-0.39, 0.29) is 0 Å². The van der Waals surface area contributed by atoms with Crippen LogP contribution in [0.15, 0.2) is 66.5 Å². The van der Waals surface area contributed by atoms with Gasteiger partial charge in [-0.3, -0.25) is 4.57 Å². The van der Waals surface area contributed by atoms with Gasteiger partial charge in [-0.2, -0.15) is 4.98 Å². The zero-order chi connectivity index (χ0) is 21.0. The summed E-state index contributed by atoms with van der Waals surface area (Å²) >= 11 is 0. The number of allylic oxidation sites excluding steroid dienone is 5. The molecule has 0 amide bonds. The standard InChI is InChI=1S/C24H26N6O/c1-31-20-14-12-18(13-15-20)26-23-25-16-21-22(29-23)30(19-10-6-7-11-19)24(28-21)27-17-8-4-2-3-5-9-17/h2,4-5,8-9,12-16,19H,3,6-7,10-11H2,1H3,(H,27,28)(H,25,26,29). The minimum Gasteiger partial charge on any atom is -0.497 e. The molecule has 7 heteroatoms. The van der Waals surface area contributed by atoms with Crippen LogP contribution in [0.5, 0.6) is 5.75 Å². The summed E-state index contributed by atoms with van der Waals surface area (Å²) in [7, 11) is 1.66. The average molecular weight is 415 g/mol. The first-order valence-corrected chi connectivity index (χ1v) is 10.8. The predicted octanol–water partition coefficient (Wildman–Crippen LogP) is 5.51. The highest BCUT2D eigenvalue weighted by atomic mass is 16.5. The average Bonchev–Trinajstić information content (AvgIpc) is 3.35. The number of nitrogens with zero attached hydrogens (tertiary/aromatic N) is 4. The van der Waals surface area contributed by atoms with Gasteiger partial charge >= 0.3 is 0 Å². The topological polar surface area (TPSA) is 76.9 Å². The Balaban J connectivity index is 1.50. The number of hydrogen-bond acceptors (Lipinski definition) is 6. The van der Waals surface area contributed by atoms with Gasteiger partial charge in [0.1, 0.15) is 11.3 Å². The molecular weight excluding hydrogens is 388 g/mol. The number of imidazole rings is 1. The second-order valence-electron chi connectivity index (χ2n) is 7.81. The lowest BCUT2D eigenvalue weighted by Crippen LogP contribution is -2.11. The molecule has 0 atom stereocenters. The van der Waals surface area contributed by atoms with Gasteiger partial charge in [0.15, 0.2) is 5.65 Å². The molecule has 5 rings (SSSR count). The van der Waals surface area contributed by atoms with Gasteiger partial charge in [0.2, 0.25) is 11.9 Å². The van der Waals surface area contributed by atoms with Gasteiger partial charge in [0.25, 0.3) is 0 Å². The third-order valence-electron chi connectivity index (χ3n) is 5.71. The van der Waals surface area contributed by atoms with E-state index in [1.165, 1.54) is 12.8 Å². The van der Waals surface area contributed by atoms with E-state index in [4.69, 9.17) is 14.7 Å². The van der Waals surface area contributed by atoms with Crippen molar-refractivity contribution in [2.45, 2.75) is 38.1 Å². The molecule has 0 saturated heterocycles. The molecule has 0 spiro atoms. The molecule has 31 heavy (non-hydrogen) atoms. The van der Waals surface area contributed by atoms with Crippen molar-refractivity contribution in [3.63, 3.8) is 0 Å². The highest BCUT2D eigenvalue weighted by Crippen LogP contribution is 2.35. The monoisotopic (exact) mass is 414 g/mol. The number of aromatic nitrogens is 4. The summed E-state index contributed by atoms with van der Waals surface area (Å²) in [6.07, 6.45) is 18.0. The van der Waals surface area contributed by atoms with Crippen molar-refractivity contribution in [1.82, 2.24) is 19.5 Å². The molecule has 1 aromatic carbocycles. The fraction of sp³-hybridized carbons (Fsp3) is 0.292. The van der Waals surface area contributed by atoms with E-state index in [2.05, 4.69) is 50.6 Å². The third-order valence-corrected chi connectivity index (χ3v) is 5.71. The van der Waals surface area contributed by atoms with Gasteiger partial charge in [-0.05, 0) is 55.7 Å². The van der Waals surface area contributed by atoms with E-state index < -0.39 is 0 Å². The van der Waals surface area contributed by atoms with E-state index in [0.29, 0.717) is 12.0 Å². The molecule has 3 aromatic rings. The Labute approximate surface area is 181 Å². The summed E-state index contributed by atoms with van der Waals surface area (Å²) in [5.74, 6) is 2.19. The minimum absolute atomic E-state index is 0.391. The van der Waals surface area contributed by atoms with Crippen LogP contribution in [0.2, 0.25) is 0 Å². The summed E-state index contributed by atoms with van der Waals surface area (Å²) < 4.78 is 7.49. The molecule has 2 heterocycles. The number of nitrogens with one attached hydrogen (secondary N) is 2. The normalized spacial score (nSPS) is 16.4. The van der Waals surface area contributed by atoms with Gasteiger partial charge in [-0.1, -0.05) is 31.1 Å². The fourth-order valence-electron chi connectivity index (χ4n) is 4.14. The molecule has 2 aromatic heterocycles. The first-order chi connectivity index (χ1) is 15.3. The number of rotatable bonds is 6. The van der Waals surface area contributed by atoms with Crippen LogP contribution in [-0.4, -0.2) is 26.6 Å². The quantitative estimate of drug-likeness (QED) is 0.554. The van der Waals surface area contributed by atoms with Crippen molar-refractivity contribution in [2.24, 2.45) is 0 Å². The van der Waals surface area contributed by atoms with Crippen LogP contribution >= 0.6 is 0 Å². The number of hydrogen-bond donors (Lipinski definition) is 2. The molecule has 1 saturated carbocycles. The Morgan fingerprint density at radius 1 is 1.03 bits per heavy atom. The molecule has 2 aliphatic rings. The Morgan fingerprint density at radius 3 is 2.68 bits per heavy atom. The summed E-state index contributed by atoms with van der Waals surface area (Å²) in [5, 5.41) is 6.80. The Kier molecular flexibility index (Phi) is 5.39. The first kappa shape index (κ1) is 19.4. The number of benzene rings is 1. The lowest BCUT2D eigenvalue weighted by Gasteiger charge is -2.17. The SMILES string of the molecule is COc1ccc(Nc2ncc3nc(NC4=CC=CCC=C4)n(C4CCCC4)c3n2)cc1. The molecule has 158 valence electrons. The maximum absolute atomic E-state index is 5.23. The highest BCUT2D eigenvalue weighted by molar-refractivity contribution is 5.76. The zero-order valence-corrected chi connectivity index (χ0v) is 17.6.